The van der Waals surface area contributed by atoms with Crippen LogP contribution in [0.25, 0.3) is 5.69 Å². The molecular formula is C18H19N5O3. The Hall–Kier alpha value is -3.42. The summed E-state index contributed by atoms with van der Waals surface area (Å²) in [4.78, 5) is 39.3. The van der Waals surface area contributed by atoms with Crippen molar-refractivity contribution in [1.29, 1.82) is 0 Å². The first-order chi connectivity index (χ1) is 12.4. The van der Waals surface area contributed by atoms with Crippen molar-refractivity contribution in [2.45, 2.75) is 20.0 Å². The van der Waals surface area contributed by atoms with Crippen molar-refractivity contribution < 1.29 is 4.79 Å². The second-order valence-electron chi connectivity index (χ2n) is 6.07. The van der Waals surface area contributed by atoms with Crippen molar-refractivity contribution in [1.82, 2.24) is 24.2 Å². The van der Waals surface area contributed by atoms with Gasteiger partial charge in [0.1, 0.15) is 6.54 Å². The highest BCUT2D eigenvalue weighted by molar-refractivity contribution is 5.75. The predicted octanol–water partition coefficient (Wildman–Crippen LogP) is 0.689. The van der Waals surface area contributed by atoms with Crippen LogP contribution in [0.2, 0.25) is 0 Å². The number of aromatic amines is 1. The Morgan fingerprint density at radius 2 is 1.96 bits per heavy atom. The number of nitrogens with one attached hydrogen (secondary N) is 1. The number of aryl methyl sites for hydroxylation is 1. The number of aromatic nitrogens is 4. The zero-order valence-corrected chi connectivity index (χ0v) is 14.5. The van der Waals surface area contributed by atoms with Crippen LogP contribution < -0.4 is 11.2 Å². The van der Waals surface area contributed by atoms with Crippen LogP contribution in [-0.4, -0.2) is 37.2 Å². The van der Waals surface area contributed by atoms with Gasteiger partial charge in [-0.3, -0.25) is 19.1 Å². The van der Waals surface area contributed by atoms with Gasteiger partial charge in [0.05, 0.1) is 5.69 Å². The third kappa shape index (κ3) is 3.80. The van der Waals surface area contributed by atoms with Crippen molar-refractivity contribution in [3.05, 3.63) is 80.9 Å². The first kappa shape index (κ1) is 17.4. The number of carbonyl (C=O) groups is 1. The molecule has 0 unspecified atom stereocenters. The summed E-state index contributed by atoms with van der Waals surface area (Å²) in [5.41, 5.74) is 1.24. The molecule has 3 aromatic rings. The largest absolute Gasteiger partial charge is 0.340 e. The van der Waals surface area contributed by atoms with E-state index in [1.807, 2.05) is 36.5 Å². The molecular weight excluding hydrogens is 334 g/mol. The molecule has 0 saturated carbocycles. The van der Waals surface area contributed by atoms with Gasteiger partial charge in [-0.25, -0.2) is 9.48 Å². The summed E-state index contributed by atoms with van der Waals surface area (Å²) in [6, 6.07) is 9.56. The molecule has 0 saturated heterocycles. The van der Waals surface area contributed by atoms with E-state index < -0.39 is 11.2 Å². The Labute approximate surface area is 149 Å². The van der Waals surface area contributed by atoms with E-state index in [0.29, 0.717) is 12.1 Å². The Balaban J connectivity index is 1.67. The van der Waals surface area contributed by atoms with E-state index in [1.165, 1.54) is 15.7 Å². The summed E-state index contributed by atoms with van der Waals surface area (Å²) < 4.78 is 2.96. The van der Waals surface area contributed by atoms with Crippen molar-refractivity contribution in [3.8, 4) is 5.69 Å². The average Bonchev–Trinajstić information content (AvgIpc) is 3.15. The second-order valence-corrected chi connectivity index (χ2v) is 6.07. The number of amides is 1. The Morgan fingerprint density at radius 3 is 2.62 bits per heavy atom. The van der Waals surface area contributed by atoms with Crippen LogP contribution in [-0.2, 0) is 17.9 Å². The summed E-state index contributed by atoms with van der Waals surface area (Å²) in [7, 11) is 1.67. The van der Waals surface area contributed by atoms with Crippen LogP contribution >= 0.6 is 0 Å². The molecule has 0 fully saturated rings. The summed E-state index contributed by atoms with van der Waals surface area (Å²) in [5, 5.41) is 4.17. The van der Waals surface area contributed by atoms with Crippen LogP contribution in [0.15, 0.2) is 58.5 Å². The fraction of sp³-hybridized carbons (Fsp3) is 0.222. The minimum absolute atomic E-state index is 0.127. The molecule has 2 aromatic heterocycles. The second kappa shape index (κ2) is 7.22. The van der Waals surface area contributed by atoms with Gasteiger partial charge in [-0.15, -0.1) is 0 Å². The lowest BCUT2D eigenvalue weighted by molar-refractivity contribution is -0.131. The molecule has 8 heteroatoms. The zero-order chi connectivity index (χ0) is 18.7. The summed E-state index contributed by atoms with van der Waals surface area (Å²) in [6.07, 6.45) is 4.96. The highest BCUT2D eigenvalue weighted by Gasteiger charge is 2.12. The maximum Gasteiger partial charge on any atom is 0.328 e. The molecule has 1 N–H and O–H groups in total. The summed E-state index contributed by atoms with van der Waals surface area (Å²) in [6.45, 7) is 1.87. The topological polar surface area (TPSA) is 93.0 Å². The Kier molecular flexibility index (Phi) is 4.83. The molecule has 3 rings (SSSR count). The number of hydrogen-bond acceptors (Lipinski definition) is 4. The molecule has 0 atom stereocenters. The smallest absolute Gasteiger partial charge is 0.328 e. The number of likely N-dealkylation sites (N-methyl/N-ethyl adjacent to an activating group) is 1. The third-order valence-corrected chi connectivity index (χ3v) is 4.05. The molecule has 0 aliphatic carbocycles. The number of hydrogen-bond donors (Lipinski definition) is 1. The number of rotatable bonds is 5. The molecule has 134 valence electrons. The van der Waals surface area contributed by atoms with Gasteiger partial charge >= 0.3 is 5.69 Å². The molecule has 0 spiro atoms. The number of H-pyrrole nitrogens is 1. The van der Waals surface area contributed by atoms with Gasteiger partial charge in [0.15, 0.2) is 0 Å². The fourth-order valence-electron chi connectivity index (χ4n) is 2.54. The van der Waals surface area contributed by atoms with E-state index in [0.717, 1.165) is 11.3 Å². The lowest BCUT2D eigenvalue weighted by atomic mass is 10.2. The van der Waals surface area contributed by atoms with E-state index in [2.05, 4.69) is 10.1 Å². The molecule has 0 aliphatic rings. The van der Waals surface area contributed by atoms with Gasteiger partial charge in [0, 0.05) is 37.7 Å². The molecule has 0 aliphatic heterocycles. The predicted molar refractivity (Wildman–Crippen MR) is 96.1 cm³/mol. The van der Waals surface area contributed by atoms with Crippen LogP contribution in [0, 0.1) is 6.92 Å². The highest BCUT2D eigenvalue weighted by atomic mass is 16.2. The third-order valence-electron chi connectivity index (χ3n) is 4.05. The lowest BCUT2D eigenvalue weighted by Crippen LogP contribution is -2.37. The Morgan fingerprint density at radius 1 is 1.23 bits per heavy atom. The minimum Gasteiger partial charge on any atom is -0.340 e. The molecule has 0 bridgehead atoms. The fourth-order valence-corrected chi connectivity index (χ4v) is 2.54. The molecule has 8 nitrogen and oxygen atoms in total. The molecule has 26 heavy (non-hydrogen) atoms. The van der Waals surface area contributed by atoms with Crippen LogP contribution in [0.3, 0.4) is 0 Å². The quantitative estimate of drug-likeness (QED) is 0.730. The normalized spacial score (nSPS) is 10.7. The van der Waals surface area contributed by atoms with E-state index in [-0.39, 0.29) is 12.5 Å². The summed E-state index contributed by atoms with van der Waals surface area (Å²) >= 11 is 0. The van der Waals surface area contributed by atoms with E-state index in [9.17, 15) is 14.4 Å². The minimum atomic E-state index is -0.592. The van der Waals surface area contributed by atoms with E-state index in [1.54, 1.807) is 24.9 Å². The molecule has 0 radical (unpaired) electrons. The van der Waals surface area contributed by atoms with Crippen molar-refractivity contribution >= 4 is 5.91 Å². The van der Waals surface area contributed by atoms with Gasteiger partial charge in [0.25, 0.3) is 5.56 Å². The first-order valence-corrected chi connectivity index (χ1v) is 8.07. The number of benzene rings is 1. The van der Waals surface area contributed by atoms with Gasteiger partial charge in [0.2, 0.25) is 5.91 Å². The van der Waals surface area contributed by atoms with Crippen LogP contribution in [0.1, 0.15) is 11.1 Å². The van der Waals surface area contributed by atoms with Gasteiger partial charge in [-0.1, -0.05) is 12.1 Å². The van der Waals surface area contributed by atoms with Crippen molar-refractivity contribution in [2.75, 3.05) is 7.05 Å². The van der Waals surface area contributed by atoms with E-state index in [4.69, 9.17) is 0 Å². The van der Waals surface area contributed by atoms with Crippen molar-refractivity contribution in [2.24, 2.45) is 0 Å². The molecule has 2 heterocycles. The number of carbonyl (C=O) groups excluding carboxylic acids is 1. The van der Waals surface area contributed by atoms with Gasteiger partial charge < -0.3 is 4.90 Å². The van der Waals surface area contributed by atoms with Crippen molar-refractivity contribution in [3.63, 3.8) is 0 Å². The standard InChI is InChI=1S/C18H19N5O3/c1-13-10-22(18(26)20-17(13)25)12-16(24)21(2)11-14-4-6-15(7-5-14)23-9-3-8-19-23/h3-10H,11-12H2,1-2H3,(H,20,25,26). The maximum atomic E-state index is 12.4. The zero-order valence-electron chi connectivity index (χ0n) is 14.5. The molecule has 1 aromatic carbocycles. The lowest BCUT2D eigenvalue weighted by Gasteiger charge is -2.18. The van der Waals surface area contributed by atoms with Gasteiger partial charge in [-0.05, 0) is 30.7 Å². The van der Waals surface area contributed by atoms with E-state index >= 15 is 0 Å². The average molecular weight is 353 g/mol. The van der Waals surface area contributed by atoms with Crippen LogP contribution in [0.5, 0.6) is 0 Å². The Bertz CT molecular complexity index is 1020. The van der Waals surface area contributed by atoms with Crippen LogP contribution in [0.4, 0.5) is 0 Å². The number of nitrogens with zero attached hydrogens (tertiary/aromatic N) is 4. The monoisotopic (exact) mass is 353 g/mol. The van der Waals surface area contributed by atoms with Gasteiger partial charge in [-0.2, -0.15) is 5.10 Å². The first-order valence-electron chi connectivity index (χ1n) is 8.07. The summed E-state index contributed by atoms with van der Waals surface area (Å²) in [5.74, 6) is -0.227. The molecule has 1 amide bonds. The highest BCUT2D eigenvalue weighted by Crippen LogP contribution is 2.10. The SMILES string of the molecule is Cc1cn(CC(=O)N(C)Cc2ccc(-n3cccn3)cc2)c(=O)[nH]c1=O. The maximum absolute atomic E-state index is 12.4.